The summed E-state index contributed by atoms with van der Waals surface area (Å²) in [5.41, 5.74) is 1.76. The van der Waals surface area contributed by atoms with Crippen molar-refractivity contribution in [3.8, 4) is 0 Å². The summed E-state index contributed by atoms with van der Waals surface area (Å²) < 4.78 is 13.6. The predicted molar refractivity (Wildman–Crippen MR) is 63.9 cm³/mol. The first-order chi connectivity index (χ1) is 7.61. The van der Waals surface area contributed by atoms with E-state index in [1.54, 1.807) is 36.2 Å². The summed E-state index contributed by atoms with van der Waals surface area (Å²) in [7, 11) is 1.78. The molecule has 4 heteroatoms. The first-order valence-electron chi connectivity index (χ1n) is 4.78. The summed E-state index contributed by atoms with van der Waals surface area (Å²) >= 11 is 5.90. The predicted octanol–water partition coefficient (Wildman–Crippen LogP) is 3.55. The molecule has 1 aliphatic heterocycles. The van der Waals surface area contributed by atoms with E-state index in [0.29, 0.717) is 22.0 Å². The second-order valence-electron chi connectivity index (χ2n) is 3.47. The largest absolute Gasteiger partial charge is 0.377 e. The first-order valence-corrected chi connectivity index (χ1v) is 5.16. The number of halogens is 2. The number of nitrogens with zero attached hydrogens (tertiary/aromatic N) is 1. The number of allylic oxidation sites excluding steroid dienone is 3. The molecule has 0 bridgehead atoms. The molecule has 17 heavy (non-hydrogen) atoms. The van der Waals surface area contributed by atoms with Crippen molar-refractivity contribution in [2.45, 2.75) is 0 Å². The van der Waals surface area contributed by atoms with E-state index in [0.717, 1.165) is 0 Å². The average molecular weight is 324 g/mol. The van der Waals surface area contributed by atoms with Crippen LogP contribution in [0.5, 0.6) is 0 Å². The Morgan fingerprint density at radius 2 is 2.00 bits per heavy atom. The molecule has 1 aromatic carbocycles. The fraction of sp³-hybridized carbons (Fsp3) is 0.0769. The molecule has 1 aromatic rings. The Hall–Kier alpha value is -0.436. The summed E-state index contributed by atoms with van der Waals surface area (Å²) in [6.07, 6.45) is 4.56. The molecule has 0 N–H and O–H groups in total. The minimum Gasteiger partial charge on any atom is -0.377 e. The Labute approximate surface area is 131 Å². The van der Waals surface area contributed by atoms with Gasteiger partial charge in [0, 0.05) is 39.8 Å². The third kappa shape index (κ3) is 2.87. The van der Waals surface area contributed by atoms with Crippen LogP contribution in [0.3, 0.4) is 0 Å². The molecule has 0 unspecified atom stereocenters. The molecule has 85 valence electrons. The molecular weight excluding hydrogens is 314 g/mol. The molecular formula is C13H10ClFNY-. The molecule has 1 heterocycles. The van der Waals surface area contributed by atoms with Crippen molar-refractivity contribution in [3.63, 3.8) is 0 Å². The summed E-state index contributed by atoms with van der Waals surface area (Å²) in [5.74, 6) is -0.281. The van der Waals surface area contributed by atoms with E-state index in [9.17, 15) is 4.39 Å². The Kier molecular flexibility index (Phi) is 5.11. The van der Waals surface area contributed by atoms with Crippen molar-refractivity contribution < 1.29 is 37.1 Å². The van der Waals surface area contributed by atoms with E-state index < -0.39 is 0 Å². The average Bonchev–Trinajstić information content (AvgIpc) is 2.28. The van der Waals surface area contributed by atoms with Crippen molar-refractivity contribution in [1.29, 1.82) is 0 Å². The van der Waals surface area contributed by atoms with Gasteiger partial charge in [0.2, 0.25) is 0 Å². The molecule has 1 radical (unpaired) electrons. The molecule has 0 fully saturated rings. The molecule has 2 rings (SSSR count). The third-order valence-corrected chi connectivity index (χ3v) is 2.81. The van der Waals surface area contributed by atoms with Crippen LogP contribution in [-0.4, -0.2) is 11.9 Å². The molecule has 0 amide bonds. The normalized spacial score (nSPS) is 15.0. The van der Waals surface area contributed by atoms with Crippen molar-refractivity contribution >= 4 is 17.3 Å². The third-order valence-electron chi connectivity index (χ3n) is 2.48. The van der Waals surface area contributed by atoms with Gasteiger partial charge in [-0.3, -0.25) is 0 Å². The topological polar surface area (TPSA) is 3.24 Å². The molecule has 1 nitrogen and oxygen atoms in total. The maximum Gasteiger partial charge on any atom is 0.0781 e. The van der Waals surface area contributed by atoms with Gasteiger partial charge in [0.05, 0.1) is 5.82 Å². The zero-order valence-electron chi connectivity index (χ0n) is 9.37. The summed E-state index contributed by atoms with van der Waals surface area (Å²) in [5, 5.41) is 0.516. The first kappa shape index (κ1) is 14.6. The Bertz CT molecular complexity index is 508. The number of hydrogen-bond acceptors (Lipinski definition) is 1. The summed E-state index contributed by atoms with van der Waals surface area (Å²) in [6.45, 7) is 3.82. The van der Waals surface area contributed by atoms with Gasteiger partial charge in [-0.2, -0.15) is 23.8 Å². The van der Waals surface area contributed by atoms with Crippen LogP contribution in [0.15, 0.2) is 47.6 Å². The van der Waals surface area contributed by atoms with E-state index in [1.807, 2.05) is 0 Å². The smallest absolute Gasteiger partial charge is 0.0781 e. The van der Waals surface area contributed by atoms with Crippen LogP contribution < -0.4 is 0 Å². The van der Waals surface area contributed by atoms with Gasteiger partial charge in [-0.25, -0.2) is 4.39 Å². The fourth-order valence-electron chi connectivity index (χ4n) is 1.52. The van der Waals surface area contributed by atoms with Crippen molar-refractivity contribution in [2.75, 3.05) is 7.05 Å². The monoisotopic (exact) mass is 323 g/mol. The van der Waals surface area contributed by atoms with Crippen LogP contribution in [0.4, 0.5) is 4.39 Å². The number of likely N-dealkylation sites (N-methyl/N-ethyl adjacent to an activating group) is 1. The van der Waals surface area contributed by atoms with E-state index in [2.05, 4.69) is 12.7 Å². The second-order valence-corrected chi connectivity index (χ2v) is 3.88. The molecule has 1 aliphatic rings. The quantitative estimate of drug-likeness (QED) is 0.715. The van der Waals surface area contributed by atoms with Crippen LogP contribution in [0.25, 0.3) is 5.70 Å². The van der Waals surface area contributed by atoms with Crippen molar-refractivity contribution in [1.82, 2.24) is 4.90 Å². The van der Waals surface area contributed by atoms with Crippen LogP contribution in [0, 0.1) is 11.9 Å². The number of hydrogen-bond donors (Lipinski definition) is 0. The molecule has 0 aromatic heterocycles. The van der Waals surface area contributed by atoms with Crippen LogP contribution in [-0.2, 0) is 32.7 Å². The Morgan fingerprint density at radius 1 is 1.35 bits per heavy atom. The van der Waals surface area contributed by atoms with E-state index in [4.69, 9.17) is 11.6 Å². The SMILES string of the molecule is C=C1C(Cl)=C[C-]=C(c2ccccc2F)N1C.[Y]. The Morgan fingerprint density at radius 3 is 2.65 bits per heavy atom. The zero-order valence-corrected chi connectivity index (χ0v) is 13.0. The molecule has 0 aliphatic carbocycles. The van der Waals surface area contributed by atoms with Crippen LogP contribution in [0.1, 0.15) is 5.56 Å². The van der Waals surface area contributed by atoms with Gasteiger partial charge in [0.1, 0.15) is 0 Å². The van der Waals surface area contributed by atoms with Gasteiger partial charge < -0.3 is 4.90 Å². The maximum absolute atomic E-state index is 13.6. The van der Waals surface area contributed by atoms with Crippen LogP contribution in [0.2, 0.25) is 0 Å². The second kappa shape index (κ2) is 5.95. The molecule has 0 saturated carbocycles. The standard InChI is InChI=1S/C13H10ClFN.Y/c1-9-11(14)7-8-13(16(9)2)10-5-3-4-6-12(10)15;/h3-7H,1H2,2H3;/q-1;. The van der Waals surface area contributed by atoms with Gasteiger partial charge in [0.15, 0.2) is 0 Å². The van der Waals surface area contributed by atoms with Gasteiger partial charge in [-0.1, -0.05) is 30.0 Å². The summed E-state index contributed by atoms with van der Waals surface area (Å²) in [6, 6.07) is 6.55. The fourth-order valence-corrected chi connectivity index (χ4v) is 1.70. The minimum atomic E-state index is -0.281. The van der Waals surface area contributed by atoms with Crippen LogP contribution >= 0.6 is 11.6 Å². The van der Waals surface area contributed by atoms with Gasteiger partial charge >= 0.3 is 0 Å². The molecule has 0 saturated heterocycles. The Balaban J connectivity index is 0.00000144. The van der Waals surface area contributed by atoms with Crippen molar-refractivity contribution in [3.05, 3.63) is 65.1 Å². The van der Waals surface area contributed by atoms with E-state index >= 15 is 0 Å². The zero-order chi connectivity index (χ0) is 11.7. The maximum atomic E-state index is 13.6. The van der Waals surface area contributed by atoms with E-state index in [-0.39, 0.29) is 38.5 Å². The minimum absolute atomic E-state index is 0. The summed E-state index contributed by atoms with van der Waals surface area (Å²) in [4.78, 5) is 1.72. The number of benzene rings is 1. The van der Waals surface area contributed by atoms with Crippen molar-refractivity contribution in [2.24, 2.45) is 0 Å². The van der Waals surface area contributed by atoms with E-state index in [1.165, 1.54) is 6.07 Å². The number of rotatable bonds is 1. The van der Waals surface area contributed by atoms with Gasteiger partial charge in [-0.15, -0.1) is 6.07 Å². The van der Waals surface area contributed by atoms with Gasteiger partial charge in [0.25, 0.3) is 0 Å². The molecule has 0 spiro atoms. The van der Waals surface area contributed by atoms with Gasteiger partial charge in [-0.05, 0) is 16.8 Å². The molecule has 0 atom stereocenters.